The molecule has 0 aromatic carbocycles. The number of aromatic nitrogens is 3. The maximum atomic E-state index is 5.10. The Balaban J connectivity index is 2.78. The summed E-state index contributed by atoms with van der Waals surface area (Å²) in [5.41, 5.74) is 0. The van der Waals surface area contributed by atoms with Gasteiger partial charge in [0.05, 0.1) is 7.11 Å². The molecule has 1 rings (SSSR count). The van der Waals surface area contributed by atoms with Gasteiger partial charge in [0.15, 0.2) is 0 Å². The van der Waals surface area contributed by atoms with Gasteiger partial charge < -0.3 is 19.9 Å². The van der Waals surface area contributed by atoms with Crippen molar-refractivity contribution in [2.45, 2.75) is 13.3 Å². The highest BCUT2D eigenvalue weighted by Gasteiger charge is 2.12. The molecule has 0 radical (unpaired) electrons. The van der Waals surface area contributed by atoms with Crippen LogP contribution in [-0.4, -0.2) is 67.7 Å². The molecule has 108 valence electrons. The molecule has 19 heavy (non-hydrogen) atoms. The molecule has 1 aromatic rings. The van der Waals surface area contributed by atoms with Crippen LogP contribution in [0, 0.1) is 0 Å². The minimum Gasteiger partial charge on any atom is -0.467 e. The fraction of sp³-hybridized carbons (Fsp3) is 0.750. The van der Waals surface area contributed by atoms with E-state index >= 15 is 0 Å². The van der Waals surface area contributed by atoms with Crippen LogP contribution in [0.1, 0.15) is 13.3 Å². The number of ether oxygens (including phenoxy) is 1. The fourth-order valence-corrected chi connectivity index (χ4v) is 1.67. The first-order chi connectivity index (χ1) is 9.10. The van der Waals surface area contributed by atoms with Crippen LogP contribution >= 0.6 is 0 Å². The van der Waals surface area contributed by atoms with E-state index in [9.17, 15) is 0 Å². The number of hydrogen-bond acceptors (Lipinski definition) is 7. The summed E-state index contributed by atoms with van der Waals surface area (Å²) in [7, 11) is 7.48. The molecule has 1 heterocycles. The van der Waals surface area contributed by atoms with E-state index in [2.05, 4.69) is 51.1 Å². The van der Waals surface area contributed by atoms with Crippen LogP contribution in [0.4, 0.5) is 11.9 Å². The highest BCUT2D eigenvalue weighted by atomic mass is 16.5. The third-order valence-corrected chi connectivity index (χ3v) is 2.71. The molecule has 7 heteroatoms. The molecule has 0 spiro atoms. The Morgan fingerprint density at radius 2 is 1.89 bits per heavy atom. The van der Waals surface area contributed by atoms with E-state index in [1.807, 2.05) is 0 Å². The monoisotopic (exact) mass is 268 g/mol. The van der Waals surface area contributed by atoms with Crippen LogP contribution in [0.3, 0.4) is 0 Å². The molecule has 0 fully saturated rings. The zero-order valence-corrected chi connectivity index (χ0v) is 12.5. The van der Waals surface area contributed by atoms with E-state index in [0.29, 0.717) is 17.9 Å². The normalized spacial score (nSPS) is 10.6. The van der Waals surface area contributed by atoms with E-state index in [1.54, 1.807) is 14.2 Å². The van der Waals surface area contributed by atoms with Crippen molar-refractivity contribution >= 4 is 11.9 Å². The van der Waals surface area contributed by atoms with Gasteiger partial charge in [0.25, 0.3) is 0 Å². The highest BCUT2D eigenvalue weighted by molar-refractivity contribution is 5.37. The van der Waals surface area contributed by atoms with Crippen LogP contribution in [-0.2, 0) is 0 Å². The molecule has 0 saturated heterocycles. The first-order valence-corrected chi connectivity index (χ1v) is 6.48. The maximum absolute atomic E-state index is 5.10. The topological polar surface area (TPSA) is 66.4 Å². The second-order valence-corrected chi connectivity index (χ2v) is 4.43. The van der Waals surface area contributed by atoms with Crippen LogP contribution in [0.25, 0.3) is 0 Å². The predicted molar refractivity (Wildman–Crippen MR) is 77.0 cm³/mol. The number of nitrogens with one attached hydrogen (secondary N) is 1. The van der Waals surface area contributed by atoms with Gasteiger partial charge in [0, 0.05) is 20.1 Å². The first-order valence-electron chi connectivity index (χ1n) is 6.48. The Morgan fingerprint density at radius 3 is 2.42 bits per heavy atom. The third-order valence-electron chi connectivity index (χ3n) is 2.71. The smallest absolute Gasteiger partial charge is 0.322 e. The molecular weight excluding hydrogens is 244 g/mol. The highest BCUT2D eigenvalue weighted by Crippen LogP contribution is 2.14. The Kier molecular flexibility index (Phi) is 6.27. The molecule has 0 saturated carbocycles. The molecule has 0 aliphatic heterocycles. The molecule has 7 nitrogen and oxygen atoms in total. The average Bonchev–Trinajstić information content (AvgIpc) is 2.42. The van der Waals surface area contributed by atoms with Gasteiger partial charge in [-0.25, -0.2) is 0 Å². The Morgan fingerprint density at radius 1 is 1.16 bits per heavy atom. The second kappa shape index (κ2) is 7.73. The van der Waals surface area contributed by atoms with E-state index in [4.69, 9.17) is 4.74 Å². The molecule has 0 bridgehead atoms. The van der Waals surface area contributed by atoms with Crippen LogP contribution < -0.4 is 15.0 Å². The lowest BCUT2D eigenvalue weighted by molar-refractivity contribution is 0.378. The molecular formula is C12H24N6O. The van der Waals surface area contributed by atoms with Crippen molar-refractivity contribution < 1.29 is 4.74 Å². The van der Waals surface area contributed by atoms with E-state index < -0.39 is 0 Å². The summed E-state index contributed by atoms with van der Waals surface area (Å²) in [5, 5.41) is 2.92. The molecule has 0 unspecified atom stereocenters. The van der Waals surface area contributed by atoms with Gasteiger partial charge in [-0.2, -0.15) is 15.0 Å². The Bertz CT molecular complexity index is 362. The van der Waals surface area contributed by atoms with Crippen LogP contribution in [0.5, 0.6) is 6.01 Å². The van der Waals surface area contributed by atoms with Crippen molar-refractivity contribution in [1.29, 1.82) is 0 Å². The van der Waals surface area contributed by atoms with E-state index in [0.717, 1.165) is 26.1 Å². The molecule has 0 amide bonds. The van der Waals surface area contributed by atoms with Crippen molar-refractivity contribution in [3.8, 4) is 6.01 Å². The molecule has 1 aromatic heterocycles. The summed E-state index contributed by atoms with van der Waals surface area (Å²) in [6.07, 6.45) is 1.06. The average molecular weight is 268 g/mol. The Hall–Kier alpha value is -1.63. The van der Waals surface area contributed by atoms with Gasteiger partial charge in [-0.15, -0.1) is 0 Å². The third kappa shape index (κ3) is 4.86. The van der Waals surface area contributed by atoms with Crippen molar-refractivity contribution in [3.63, 3.8) is 0 Å². The largest absolute Gasteiger partial charge is 0.467 e. The summed E-state index contributed by atoms with van der Waals surface area (Å²) in [6.45, 7) is 4.89. The SMILES string of the molecule is CCN(CCCN(C)C)c1nc(NC)nc(OC)n1. The minimum absolute atomic E-state index is 0.334. The predicted octanol–water partition coefficient (Wildman–Crippen LogP) is 0.700. The maximum Gasteiger partial charge on any atom is 0.322 e. The second-order valence-electron chi connectivity index (χ2n) is 4.43. The number of anilines is 2. The van der Waals surface area contributed by atoms with Crippen LogP contribution in [0.2, 0.25) is 0 Å². The number of hydrogen-bond donors (Lipinski definition) is 1. The number of nitrogens with zero attached hydrogens (tertiary/aromatic N) is 5. The zero-order valence-electron chi connectivity index (χ0n) is 12.5. The molecule has 0 aliphatic carbocycles. The standard InChI is InChI=1S/C12H24N6O/c1-6-18(9-7-8-17(3)4)11-14-10(13-2)15-12(16-11)19-5/h6-9H2,1-5H3,(H,13,14,15,16). The molecule has 1 N–H and O–H groups in total. The first kappa shape index (κ1) is 15.4. The quantitative estimate of drug-likeness (QED) is 0.744. The summed E-state index contributed by atoms with van der Waals surface area (Å²) in [5.74, 6) is 1.17. The summed E-state index contributed by atoms with van der Waals surface area (Å²) < 4.78 is 5.10. The lowest BCUT2D eigenvalue weighted by Crippen LogP contribution is -2.29. The van der Waals surface area contributed by atoms with E-state index in [-0.39, 0.29) is 0 Å². The van der Waals surface area contributed by atoms with Crippen molar-refractivity contribution in [2.75, 3.05) is 58.1 Å². The summed E-state index contributed by atoms with van der Waals surface area (Å²) in [4.78, 5) is 17.1. The van der Waals surface area contributed by atoms with Crippen molar-refractivity contribution in [2.24, 2.45) is 0 Å². The van der Waals surface area contributed by atoms with E-state index in [1.165, 1.54) is 0 Å². The van der Waals surface area contributed by atoms with Gasteiger partial charge in [-0.1, -0.05) is 0 Å². The fourth-order valence-electron chi connectivity index (χ4n) is 1.67. The summed E-state index contributed by atoms with van der Waals surface area (Å²) >= 11 is 0. The lowest BCUT2D eigenvalue weighted by Gasteiger charge is -2.22. The van der Waals surface area contributed by atoms with Crippen molar-refractivity contribution in [3.05, 3.63) is 0 Å². The van der Waals surface area contributed by atoms with Gasteiger partial charge in [0.1, 0.15) is 0 Å². The van der Waals surface area contributed by atoms with Gasteiger partial charge >= 0.3 is 6.01 Å². The van der Waals surface area contributed by atoms with Gasteiger partial charge in [0.2, 0.25) is 11.9 Å². The number of methoxy groups -OCH3 is 1. The van der Waals surface area contributed by atoms with Crippen molar-refractivity contribution in [1.82, 2.24) is 19.9 Å². The zero-order chi connectivity index (χ0) is 14.3. The Labute approximate surface area is 115 Å². The van der Waals surface area contributed by atoms with Gasteiger partial charge in [-0.05, 0) is 34.0 Å². The lowest BCUT2D eigenvalue weighted by atomic mass is 10.3. The summed E-state index contributed by atoms with van der Waals surface area (Å²) in [6, 6.07) is 0.334. The molecule has 0 atom stereocenters. The molecule has 0 aliphatic rings. The van der Waals surface area contributed by atoms with Gasteiger partial charge in [-0.3, -0.25) is 0 Å². The minimum atomic E-state index is 0.334. The number of rotatable bonds is 8. The van der Waals surface area contributed by atoms with Crippen LogP contribution in [0.15, 0.2) is 0 Å².